The van der Waals surface area contributed by atoms with Crippen molar-refractivity contribution in [2.45, 2.75) is 37.0 Å². The molecule has 0 aromatic heterocycles. The predicted octanol–water partition coefficient (Wildman–Crippen LogP) is -0.765. The van der Waals surface area contributed by atoms with E-state index in [0.29, 0.717) is 6.54 Å². The minimum absolute atomic E-state index is 0.0124. The number of hydrogen-bond acceptors (Lipinski definition) is 5. The number of hydrogen-bond donors (Lipinski definition) is 2. The van der Waals surface area contributed by atoms with Crippen LogP contribution in [-0.4, -0.2) is 52.7 Å². The van der Waals surface area contributed by atoms with E-state index in [1.807, 2.05) is 0 Å². The Kier molecular flexibility index (Phi) is 4.30. The topological polar surface area (TPSA) is 92.3 Å². The SMILES string of the molecule is O=S1(=O)CCC(S(=O)(=O)N[C@@H]2CCCNC2)CC1. The summed E-state index contributed by atoms with van der Waals surface area (Å²) in [4.78, 5) is 0. The Morgan fingerprint density at radius 3 is 2.33 bits per heavy atom. The second-order valence-electron chi connectivity index (χ2n) is 5.06. The fraction of sp³-hybridized carbons (Fsp3) is 1.00. The Morgan fingerprint density at radius 1 is 1.11 bits per heavy atom. The van der Waals surface area contributed by atoms with E-state index in [4.69, 9.17) is 0 Å². The van der Waals surface area contributed by atoms with E-state index in [9.17, 15) is 16.8 Å². The number of piperidine rings is 1. The van der Waals surface area contributed by atoms with Crippen LogP contribution in [0.25, 0.3) is 0 Å². The van der Waals surface area contributed by atoms with E-state index >= 15 is 0 Å². The lowest BCUT2D eigenvalue weighted by Gasteiger charge is -2.28. The van der Waals surface area contributed by atoms with Crippen LogP contribution in [0.5, 0.6) is 0 Å². The van der Waals surface area contributed by atoms with Crippen molar-refractivity contribution in [1.82, 2.24) is 10.0 Å². The van der Waals surface area contributed by atoms with Gasteiger partial charge in [-0.25, -0.2) is 21.6 Å². The molecule has 0 saturated carbocycles. The summed E-state index contributed by atoms with van der Waals surface area (Å²) in [6.45, 7) is 1.59. The minimum atomic E-state index is -3.39. The molecule has 0 radical (unpaired) electrons. The van der Waals surface area contributed by atoms with Gasteiger partial charge < -0.3 is 5.32 Å². The molecule has 18 heavy (non-hydrogen) atoms. The van der Waals surface area contributed by atoms with Gasteiger partial charge >= 0.3 is 0 Å². The number of sulfone groups is 1. The molecule has 2 heterocycles. The van der Waals surface area contributed by atoms with Gasteiger partial charge in [-0.15, -0.1) is 0 Å². The fourth-order valence-corrected chi connectivity index (χ4v) is 5.96. The van der Waals surface area contributed by atoms with Crippen LogP contribution in [0.15, 0.2) is 0 Å². The fourth-order valence-electron chi connectivity index (χ4n) is 2.46. The lowest BCUT2D eigenvalue weighted by atomic mass is 10.1. The van der Waals surface area contributed by atoms with Crippen LogP contribution in [0.1, 0.15) is 25.7 Å². The highest BCUT2D eigenvalue weighted by Crippen LogP contribution is 2.19. The second kappa shape index (κ2) is 5.44. The molecule has 2 rings (SSSR count). The first kappa shape index (κ1) is 14.2. The van der Waals surface area contributed by atoms with E-state index in [1.165, 1.54) is 0 Å². The first-order chi connectivity index (χ1) is 8.39. The molecule has 2 fully saturated rings. The smallest absolute Gasteiger partial charge is 0.214 e. The van der Waals surface area contributed by atoms with Crippen molar-refractivity contribution in [2.24, 2.45) is 0 Å². The molecule has 8 heteroatoms. The van der Waals surface area contributed by atoms with E-state index in [-0.39, 0.29) is 30.4 Å². The standard InChI is InChI=1S/C10H20N2O4S2/c13-17(14)6-3-10(4-7-17)18(15,16)12-9-2-1-5-11-8-9/h9-12H,1-8H2/t9-/m1/s1. The third-order valence-electron chi connectivity index (χ3n) is 3.57. The molecule has 2 aliphatic heterocycles. The zero-order valence-electron chi connectivity index (χ0n) is 10.3. The Bertz CT molecular complexity index is 466. The van der Waals surface area contributed by atoms with Gasteiger partial charge in [-0.1, -0.05) is 0 Å². The molecule has 6 nitrogen and oxygen atoms in total. The maximum Gasteiger partial charge on any atom is 0.214 e. The molecular weight excluding hydrogens is 276 g/mol. The number of nitrogens with one attached hydrogen (secondary N) is 2. The van der Waals surface area contributed by atoms with Crippen LogP contribution in [0, 0.1) is 0 Å². The van der Waals surface area contributed by atoms with Gasteiger partial charge in [-0.2, -0.15) is 0 Å². The van der Waals surface area contributed by atoms with Gasteiger partial charge in [-0.05, 0) is 32.2 Å². The highest BCUT2D eigenvalue weighted by molar-refractivity contribution is 7.92. The van der Waals surface area contributed by atoms with Gasteiger partial charge in [0.05, 0.1) is 16.8 Å². The average molecular weight is 296 g/mol. The highest BCUT2D eigenvalue weighted by Gasteiger charge is 2.34. The summed E-state index contributed by atoms with van der Waals surface area (Å²) < 4.78 is 49.5. The zero-order chi connectivity index (χ0) is 13.2. The van der Waals surface area contributed by atoms with Gasteiger partial charge in [0.1, 0.15) is 9.84 Å². The van der Waals surface area contributed by atoms with Crippen LogP contribution in [-0.2, 0) is 19.9 Å². The minimum Gasteiger partial charge on any atom is -0.315 e. The Hall–Kier alpha value is -0.180. The van der Waals surface area contributed by atoms with Crippen molar-refractivity contribution in [3.05, 3.63) is 0 Å². The Labute approximate surface area is 108 Å². The summed E-state index contributed by atoms with van der Waals surface area (Å²) in [5.41, 5.74) is 0. The van der Waals surface area contributed by atoms with Crippen LogP contribution >= 0.6 is 0 Å². The highest BCUT2D eigenvalue weighted by atomic mass is 32.2. The van der Waals surface area contributed by atoms with Gasteiger partial charge in [0.15, 0.2) is 0 Å². The van der Waals surface area contributed by atoms with Gasteiger partial charge in [0.25, 0.3) is 0 Å². The van der Waals surface area contributed by atoms with Crippen molar-refractivity contribution < 1.29 is 16.8 Å². The monoisotopic (exact) mass is 296 g/mol. The summed E-state index contributed by atoms with van der Waals surface area (Å²) >= 11 is 0. The zero-order valence-corrected chi connectivity index (χ0v) is 11.9. The van der Waals surface area contributed by atoms with Crippen LogP contribution in [0.4, 0.5) is 0 Å². The van der Waals surface area contributed by atoms with Crippen molar-refractivity contribution >= 4 is 19.9 Å². The lowest BCUT2D eigenvalue weighted by Crippen LogP contribution is -2.49. The van der Waals surface area contributed by atoms with Crippen LogP contribution < -0.4 is 10.0 Å². The Morgan fingerprint density at radius 2 is 1.78 bits per heavy atom. The summed E-state index contributed by atoms with van der Waals surface area (Å²) in [6, 6.07) is -0.0534. The molecule has 106 valence electrons. The molecule has 0 bridgehead atoms. The molecule has 0 spiro atoms. The summed E-state index contributed by atoms with van der Waals surface area (Å²) in [5.74, 6) is -0.0248. The number of sulfonamides is 1. The maximum absolute atomic E-state index is 12.1. The molecule has 0 amide bonds. The van der Waals surface area contributed by atoms with Crippen molar-refractivity contribution in [3.63, 3.8) is 0 Å². The van der Waals surface area contributed by atoms with Gasteiger partial charge in [0.2, 0.25) is 10.0 Å². The normalized spacial score (nSPS) is 30.1. The van der Waals surface area contributed by atoms with Gasteiger partial charge in [0, 0.05) is 12.6 Å². The van der Waals surface area contributed by atoms with Crippen molar-refractivity contribution in [3.8, 4) is 0 Å². The van der Waals surface area contributed by atoms with Crippen molar-refractivity contribution in [1.29, 1.82) is 0 Å². The van der Waals surface area contributed by atoms with E-state index in [2.05, 4.69) is 10.0 Å². The molecule has 2 aliphatic rings. The third kappa shape index (κ3) is 3.66. The molecule has 0 unspecified atom stereocenters. The quantitative estimate of drug-likeness (QED) is 0.714. The first-order valence-corrected chi connectivity index (χ1v) is 9.68. The van der Waals surface area contributed by atoms with Gasteiger partial charge in [-0.3, -0.25) is 0 Å². The second-order valence-corrected chi connectivity index (χ2v) is 9.35. The van der Waals surface area contributed by atoms with E-state index in [0.717, 1.165) is 19.4 Å². The maximum atomic E-state index is 12.1. The molecule has 0 aromatic rings. The lowest BCUT2D eigenvalue weighted by molar-refractivity contribution is 0.425. The molecule has 0 aliphatic carbocycles. The van der Waals surface area contributed by atoms with Crippen LogP contribution in [0.3, 0.4) is 0 Å². The molecule has 2 saturated heterocycles. The summed E-state index contributed by atoms with van der Waals surface area (Å²) in [5, 5.41) is 2.60. The predicted molar refractivity (Wildman–Crippen MR) is 69.6 cm³/mol. The summed E-state index contributed by atoms with van der Waals surface area (Å²) in [6.07, 6.45) is 2.25. The van der Waals surface area contributed by atoms with E-state index < -0.39 is 25.1 Å². The molecule has 0 aromatic carbocycles. The average Bonchev–Trinajstić information content (AvgIpc) is 2.29. The van der Waals surface area contributed by atoms with Crippen LogP contribution in [0.2, 0.25) is 0 Å². The Balaban J connectivity index is 1.94. The molecule has 2 N–H and O–H groups in total. The van der Waals surface area contributed by atoms with Crippen molar-refractivity contribution in [2.75, 3.05) is 24.6 Å². The number of rotatable bonds is 3. The largest absolute Gasteiger partial charge is 0.315 e. The molecule has 1 atom stereocenters. The first-order valence-electron chi connectivity index (χ1n) is 6.31. The molecular formula is C10H20N2O4S2. The third-order valence-corrected chi connectivity index (χ3v) is 7.29. The van der Waals surface area contributed by atoms with E-state index in [1.54, 1.807) is 0 Å². The summed E-state index contributed by atoms with van der Waals surface area (Å²) in [7, 11) is -6.40.